The molecule has 0 radical (unpaired) electrons. The van der Waals surface area contributed by atoms with Crippen molar-refractivity contribution in [1.82, 2.24) is 20.0 Å². The van der Waals surface area contributed by atoms with Gasteiger partial charge in [-0.2, -0.15) is 0 Å². The number of rotatable bonds is 10. The molecule has 0 aromatic heterocycles. The van der Waals surface area contributed by atoms with Crippen LogP contribution in [0.2, 0.25) is 0 Å². The minimum atomic E-state index is 0.765. The van der Waals surface area contributed by atoms with E-state index in [4.69, 9.17) is 5.73 Å². The minimum absolute atomic E-state index is 0.765. The lowest BCUT2D eigenvalue weighted by Crippen LogP contribution is -2.47. The Labute approximate surface area is 119 Å². The fourth-order valence-corrected chi connectivity index (χ4v) is 2.54. The van der Waals surface area contributed by atoms with Gasteiger partial charge in [-0.25, -0.2) is 0 Å². The zero-order valence-corrected chi connectivity index (χ0v) is 12.9. The Balaban J connectivity index is 2.16. The second-order valence-electron chi connectivity index (χ2n) is 5.25. The molecule has 0 aliphatic carbocycles. The number of nitrogens with one attached hydrogen (secondary N) is 1. The molecule has 1 aliphatic rings. The van der Waals surface area contributed by atoms with Crippen LogP contribution in [0.5, 0.6) is 0 Å². The standard InChI is InChI=1S/C14H33N5/c1-3-17(8-5-15)11-12-18(4-2)13-14-19-9-6-16-7-10-19/h16H,3-15H2,1-2H3. The molecule has 5 nitrogen and oxygen atoms in total. The van der Waals surface area contributed by atoms with Gasteiger partial charge in [-0.05, 0) is 13.1 Å². The van der Waals surface area contributed by atoms with Crippen LogP contribution in [0.25, 0.3) is 0 Å². The molecular weight excluding hydrogens is 238 g/mol. The van der Waals surface area contributed by atoms with Crippen LogP contribution in [0, 0.1) is 0 Å². The van der Waals surface area contributed by atoms with Gasteiger partial charge in [0.25, 0.3) is 0 Å². The Morgan fingerprint density at radius 2 is 1.53 bits per heavy atom. The van der Waals surface area contributed by atoms with Gasteiger partial charge in [-0.3, -0.25) is 4.90 Å². The molecule has 1 heterocycles. The molecule has 0 spiro atoms. The zero-order valence-electron chi connectivity index (χ0n) is 12.9. The summed E-state index contributed by atoms with van der Waals surface area (Å²) in [6, 6.07) is 0. The lowest BCUT2D eigenvalue weighted by Gasteiger charge is -2.31. The quantitative estimate of drug-likeness (QED) is 0.561. The van der Waals surface area contributed by atoms with Crippen LogP contribution in [0.4, 0.5) is 0 Å². The Morgan fingerprint density at radius 1 is 0.947 bits per heavy atom. The van der Waals surface area contributed by atoms with Gasteiger partial charge in [0.2, 0.25) is 0 Å². The number of hydrogen-bond acceptors (Lipinski definition) is 5. The van der Waals surface area contributed by atoms with Crippen LogP contribution in [0.3, 0.4) is 0 Å². The molecule has 0 aromatic carbocycles. The summed E-state index contributed by atoms with van der Waals surface area (Å²) >= 11 is 0. The highest BCUT2D eigenvalue weighted by Crippen LogP contribution is 1.96. The number of hydrogen-bond donors (Lipinski definition) is 2. The second-order valence-corrected chi connectivity index (χ2v) is 5.25. The molecule has 0 atom stereocenters. The average Bonchev–Trinajstić information content (AvgIpc) is 2.47. The molecule has 3 N–H and O–H groups in total. The van der Waals surface area contributed by atoms with Crippen LogP contribution >= 0.6 is 0 Å². The first-order chi connectivity index (χ1) is 9.30. The lowest BCUT2D eigenvalue weighted by atomic mass is 10.3. The van der Waals surface area contributed by atoms with E-state index in [0.717, 1.165) is 52.4 Å². The van der Waals surface area contributed by atoms with E-state index in [0.29, 0.717) is 0 Å². The van der Waals surface area contributed by atoms with Crippen molar-refractivity contribution in [2.75, 3.05) is 78.5 Å². The van der Waals surface area contributed by atoms with Crippen LogP contribution in [0.15, 0.2) is 0 Å². The van der Waals surface area contributed by atoms with Gasteiger partial charge >= 0.3 is 0 Å². The van der Waals surface area contributed by atoms with E-state index in [1.807, 2.05) is 0 Å². The Bertz CT molecular complexity index is 197. The van der Waals surface area contributed by atoms with Crippen molar-refractivity contribution >= 4 is 0 Å². The van der Waals surface area contributed by atoms with Crippen molar-refractivity contribution < 1.29 is 0 Å². The summed E-state index contributed by atoms with van der Waals surface area (Å²) < 4.78 is 0. The van der Waals surface area contributed by atoms with Gasteiger partial charge in [0.15, 0.2) is 0 Å². The molecule has 1 rings (SSSR count). The summed E-state index contributed by atoms with van der Waals surface area (Å²) in [5, 5.41) is 3.40. The highest BCUT2D eigenvalue weighted by molar-refractivity contribution is 4.70. The maximum absolute atomic E-state index is 5.63. The third-order valence-electron chi connectivity index (χ3n) is 4.01. The molecule has 0 saturated carbocycles. The molecule has 0 aromatic rings. The van der Waals surface area contributed by atoms with E-state index < -0.39 is 0 Å². The van der Waals surface area contributed by atoms with E-state index in [9.17, 15) is 0 Å². The van der Waals surface area contributed by atoms with E-state index in [1.54, 1.807) is 0 Å². The van der Waals surface area contributed by atoms with E-state index in [1.165, 1.54) is 26.2 Å². The van der Waals surface area contributed by atoms with Crippen molar-refractivity contribution in [2.45, 2.75) is 13.8 Å². The van der Waals surface area contributed by atoms with E-state index >= 15 is 0 Å². The number of nitrogens with two attached hydrogens (primary N) is 1. The summed E-state index contributed by atoms with van der Waals surface area (Å²) in [6.07, 6.45) is 0. The predicted octanol–water partition coefficient (Wildman–Crippen LogP) is -0.506. The summed E-state index contributed by atoms with van der Waals surface area (Å²) in [4.78, 5) is 7.56. The van der Waals surface area contributed by atoms with Crippen LogP contribution < -0.4 is 11.1 Å². The van der Waals surface area contributed by atoms with Crippen molar-refractivity contribution in [1.29, 1.82) is 0 Å². The normalized spacial score (nSPS) is 17.5. The summed E-state index contributed by atoms with van der Waals surface area (Å²) in [7, 11) is 0. The van der Waals surface area contributed by atoms with Gasteiger partial charge in [0.05, 0.1) is 0 Å². The second kappa shape index (κ2) is 10.6. The number of piperazine rings is 1. The SMILES string of the molecule is CCN(CCN)CCN(CC)CCN1CCNCC1. The maximum atomic E-state index is 5.63. The molecule has 1 fully saturated rings. The lowest BCUT2D eigenvalue weighted by molar-refractivity contribution is 0.175. The summed E-state index contributed by atoms with van der Waals surface area (Å²) in [5.74, 6) is 0. The first-order valence-corrected chi connectivity index (χ1v) is 7.88. The molecule has 1 saturated heterocycles. The number of nitrogens with zero attached hydrogens (tertiary/aromatic N) is 3. The Hall–Kier alpha value is -0.200. The Morgan fingerprint density at radius 3 is 2.05 bits per heavy atom. The van der Waals surface area contributed by atoms with Crippen molar-refractivity contribution in [3.63, 3.8) is 0 Å². The number of likely N-dealkylation sites (N-methyl/N-ethyl adjacent to an activating group) is 2. The van der Waals surface area contributed by atoms with Crippen molar-refractivity contribution in [3.05, 3.63) is 0 Å². The fourth-order valence-electron chi connectivity index (χ4n) is 2.54. The van der Waals surface area contributed by atoms with Gasteiger partial charge in [-0.15, -0.1) is 0 Å². The monoisotopic (exact) mass is 271 g/mol. The Kier molecular flexibility index (Phi) is 9.38. The summed E-state index contributed by atoms with van der Waals surface area (Å²) in [5.41, 5.74) is 5.63. The highest BCUT2D eigenvalue weighted by atomic mass is 15.2. The smallest absolute Gasteiger partial charge is 0.0110 e. The minimum Gasteiger partial charge on any atom is -0.329 e. The van der Waals surface area contributed by atoms with Gasteiger partial charge in [0.1, 0.15) is 0 Å². The topological polar surface area (TPSA) is 47.8 Å². The molecular formula is C14H33N5. The van der Waals surface area contributed by atoms with Crippen LogP contribution in [-0.2, 0) is 0 Å². The van der Waals surface area contributed by atoms with Gasteiger partial charge in [-0.1, -0.05) is 13.8 Å². The fraction of sp³-hybridized carbons (Fsp3) is 1.00. The van der Waals surface area contributed by atoms with Crippen LogP contribution in [-0.4, -0.2) is 93.2 Å². The largest absolute Gasteiger partial charge is 0.329 e. The first kappa shape index (κ1) is 16.9. The van der Waals surface area contributed by atoms with Crippen LogP contribution in [0.1, 0.15) is 13.8 Å². The first-order valence-electron chi connectivity index (χ1n) is 7.88. The molecule has 19 heavy (non-hydrogen) atoms. The van der Waals surface area contributed by atoms with E-state index in [-0.39, 0.29) is 0 Å². The molecule has 0 bridgehead atoms. The maximum Gasteiger partial charge on any atom is 0.0110 e. The summed E-state index contributed by atoms with van der Waals surface area (Å²) in [6.45, 7) is 17.9. The molecule has 1 aliphatic heterocycles. The average molecular weight is 271 g/mol. The van der Waals surface area contributed by atoms with Crippen molar-refractivity contribution in [3.8, 4) is 0 Å². The third kappa shape index (κ3) is 7.22. The molecule has 5 heteroatoms. The molecule has 0 amide bonds. The van der Waals surface area contributed by atoms with Crippen molar-refractivity contribution in [2.24, 2.45) is 5.73 Å². The third-order valence-corrected chi connectivity index (χ3v) is 4.01. The predicted molar refractivity (Wildman–Crippen MR) is 82.6 cm³/mol. The zero-order chi connectivity index (χ0) is 13.9. The van der Waals surface area contributed by atoms with E-state index in [2.05, 4.69) is 33.9 Å². The molecule has 114 valence electrons. The van der Waals surface area contributed by atoms with Gasteiger partial charge < -0.3 is 20.9 Å². The highest BCUT2D eigenvalue weighted by Gasteiger charge is 2.11. The van der Waals surface area contributed by atoms with Gasteiger partial charge in [0, 0.05) is 65.4 Å². The molecule has 0 unspecified atom stereocenters.